The summed E-state index contributed by atoms with van der Waals surface area (Å²) in [6.45, 7) is 1.60. The third kappa shape index (κ3) is 4.32. The first-order chi connectivity index (χ1) is 16.1. The first kappa shape index (κ1) is 23.6. The number of aromatic amines is 1. The number of fused-ring (bicyclic) bond motifs is 1. The maximum Gasteiger partial charge on any atom is 0.303 e. The molecule has 0 unspecified atom stereocenters. The van der Waals surface area contributed by atoms with Crippen molar-refractivity contribution in [1.82, 2.24) is 4.98 Å². The molecular weight excluding hydrogens is 480 g/mol. The highest BCUT2D eigenvalue weighted by atomic mass is 35.5. The average molecular weight is 501 g/mol. The lowest BCUT2D eigenvalue weighted by Crippen LogP contribution is -2.08. The highest BCUT2D eigenvalue weighted by molar-refractivity contribution is 7.91. The van der Waals surface area contributed by atoms with Crippen LogP contribution in [0.3, 0.4) is 0 Å². The molecule has 10 heteroatoms. The Bertz CT molecular complexity index is 1440. The van der Waals surface area contributed by atoms with Gasteiger partial charge in [0, 0.05) is 34.5 Å². The fraction of sp³-hybridized carbons (Fsp3) is 0.167. The summed E-state index contributed by atoms with van der Waals surface area (Å²) >= 11 is 5.91. The fourth-order valence-corrected chi connectivity index (χ4v) is 5.82. The number of hydrogen-bond donors (Lipinski definition) is 3. The Morgan fingerprint density at radius 1 is 1.18 bits per heavy atom. The van der Waals surface area contributed by atoms with Crippen molar-refractivity contribution >= 4 is 50.7 Å². The van der Waals surface area contributed by atoms with Crippen molar-refractivity contribution in [2.75, 3.05) is 12.4 Å². The Hall–Kier alpha value is -3.56. The second-order valence-corrected chi connectivity index (χ2v) is 10.1. The van der Waals surface area contributed by atoms with Crippen molar-refractivity contribution in [3.05, 3.63) is 70.0 Å². The molecule has 0 fully saturated rings. The van der Waals surface area contributed by atoms with Gasteiger partial charge in [0.2, 0.25) is 9.84 Å². The van der Waals surface area contributed by atoms with Crippen molar-refractivity contribution in [2.24, 2.45) is 0 Å². The Balaban J connectivity index is 1.87. The zero-order valence-corrected chi connectivity index (χ0v) is 19.9. The molecule has 2 heterocycles. The number of carbonyl (C=O) groups excluding carboxylic acids is 1. The molecule has 1 aliphatic rings. The van der Waals surface area contributed by atoms with E-state index >= 15 is 0 Å². The van der Waals surface area contributed by atoms with Crippen LogP contribution in [-0.2, 0) is 25.8 Å². The minimum atomic E-state index is -3.99. The molecule has 1 aromatic heterocycles. The van der Waals surface area contributed by atoms with Crippen LogP contribution in [0.25, 0.3) is 11.6 Å². The van der Waals surface area contributed by atoms with Gasteiger partial charge < -0.3 is 20.1 Å². The summed E-state index contributed by atoms with van der Waals surface area (Å²) in [6, 6.07) is 10.9. The molecule has 8 nitrogen and oxygen atoms in total. The first-order valence-corrected chi connectivity index (χ1v) is 12.1. The van der Waals surface area contributed by atoms with Gasteiger partial charge in [0.15, 0.2) is 0 Å². The third-order valence-electron chi connectivity index (χ3n) is 5.54. The molecule has 1 aliphatic heterocycles. The van der Waals surface area contributed by atoms with E-state index in [0.29, 0.717) is 44.5 Å². The molecule has 3 N–H and O–H groups in total. The SMILES string of the molecule is COc1ccc2c(c1)NC(=O)/C2=C\c1[nH]c(C)c(S(=O)(=O)c2ccc(Cl)cc2)c1CCC(=O)O. The van der Waals surface area contributed by atoms with Gasteiger partial charge in [-0.15, -0.1) is 0 Å². The van der Waals surface area contributed by atoms with Crippen molar-refractivity contribution < 1.29 is 27.9 Å². The molecule has 34 heavy (non-hydrogen) atoms. The highest BCUT2D eigenvalue weighted by Crippen LogP contribution is 2.38. The second kappa shape index (κ2) is 9.00. The van der Waals surface area contributed by atoms with Crippen molar-refractivity contribution in [3.63, 3.8) is 0 Å². The number of aryl methyl sites for hydroxylation is 1. The fourth-order valence-electron chi connectivity index (χ4n) is 3.97. The number of rotatable bonds is 7. The van der Waals surface area contributed by atoms with Crippen molar-refractivity contribution in [1.29, 1.82) is 0 Å². The predicted octanol–water partition coefficient (Wildman–Crippen LogP) is 4.33. The lowest BCUT2D eigenvalue weighted by atomic mass is 10.0. The van der Waals surface area contributed by atoms with Gasteiger partial charge in [-0.05, 0) is 61.4 Å². The van der Waals surface area contributed by atoms with Gasteiger partial charge in [0.05, 0.1) is 28.2 Å². The molecule has 0 aliphatic carbocycles. The normalized spacial score (nSPS) is 14.2. The molecule has 0 saturated carbocycles. The smallest absolute Gasteiger partial charge is 0.303 e. The lowest BCUT2D eigenvalue weighted by molar-refractivity contribution is -0.137. The quantitative estimate of drug-likeness (QED) is 0.415. The van der Waals surface area contributed by atoms with Crippen LogP contribution in [0.5, 0.6) is 5.75 Å². The van der Waals surface area contributed by atoms with Gasteiger partial charge in [-0.1, -0.05) is 11.6 Å². The summed E-state index contributed by atoms with van der Waals surface area (Å²) in [5.74, 6) is -0.848. The molecule has 4 rings (SSSR count). The van der Waals surface area contributed by atoms with Gasteiger partial charge in [-0.25, -0.2) is 8.42 Å². The van der Waals surface area contributed by atoms with Crippen LogP contribution in [0.2, 0.25) is 5.02 Å². The first-order valence-electron chi connectivity index (χ1n) is 10.3. The summed E-state index contributed by atoms with van der Waals surface area (Å²) < 4.78 is 32.2. The monoisotopic (exact) mass is 500 g/mol. The molecule has 2 aromatic carbocycles. The van der Waals surface area contributed by atoms with Gasteiger partial charge in [0.25, 0.3) is 5.91 Å². The number of amides is 1. The number of halogens is 1. The zero-order chi connectivity index (χ0) is 24.6. The average Bonchev–Trinajstić information content (AvgIpc) is 3.27. The van der Waals surface area contributed by atoms with E-state index in [2.05, 4.69) is 10.3 Å². The van der Waals surface area contributed by atoms with Gasteiger partial charge in [-0.3, -0.25) is 9.59 Å². The van der Waals surface area contributed by atoms with Gasteiger partial charge in [0.1, 0.15) is 5.75 Å². The largest absolute Gasteiger partial charge is 0.497 e. The number of carbonyl (C=O) groups is 2. The number of anilines is 1. The van der Waals surface area contributed by atoms with Gasteiger partial charge in [-0.2, -0.15) is 0 Å². The van der Waals surface area contributed by atoms with Crippen LogP contribution in [0.4, 0.5) is 5.69 Å². The Kier molecular flexibility index (Phi) is 6.24. The minimum absolute atomic E-state index is 0.00344. The van der Waals surface area contributed by atoms with E-state index in [-0.39, 0.29) is 28.5 Å². The minimum Gasteiger partial charge on any atom is -0.497 e. The molecule has 0 saturated heterocycles. The Morgan fingerprint density at radius 2 is 1.88 bits per heavy atom. The number of nitrogens with one attached hydrogen (secondary N) is 2. The molecule has 176 valence electrons. The van der Waals surface area contributed by atoms with Crippen LogP contribution in [0, 0.1) is 6.92 Å². The van der Waals surface area contributed by atoms with Crippen LogP contribution >= 0.6 is 11.6 Å². The summed E-state index contributed by atoms with van der Waals surface area (Å²) in [4.78, 5) is 27.1. The number of methoxy groups -OCH3 is 1. The van der Waals surface area contributed by atoms with Crippen LogP contribution in [0.1, 0.15) is 28.9 Å². The Morgan fingerprint density at radius 3 is 2.53 bits per heavy atom. The number of hydrogen-bond acceptors (Lipinski definition) is 5. The highest BCUT2D eigenvalue weighted by Gasteiger charge is 2.30. The number of benzene rings is 2. The number of carboxylic acids is 1. The third-order valence-corrected chi connectivity index (χ3v) is 7.78. The van der Waals surface area contributed by atoms with E-state index in [0.717, 1.165) is 0 Å². The number of carboxylic acid groups (broad SMARTS) is 1. The molecular formula is C24H21ClN2O6S. The maximum atomic E-state index is 13.5. The molecule has 0 atom stereocenters. The van der Waals surface area contributed by atoms with E-state index in [1.807, 2.05) is 0 Å². The summed E-state index contributed by atoms with van der Waals surface area (Å²) in [5.41, 5.74) is 2.53. The Labute approximate surface area is 201 Å². The molecule has 1 amide bonds. The summed E-state index contributed by atoms with van der Waals surface area (Å²) in [5, 5.41) is 12.4. The van der Waals surface area contributed by atoms with Gasteiger partial charge >= 0.3 is 5.97 Å². The lowest BCUT2D eigenvalue weighted by Gasteiger charge is -2.08. The van der Waals surface area contributed by atoms with Crippen molar-refractivity contribution in [3.8, 4) is 5.75 Å². The van der Waals surface area contributed by atoms with E-state index in [9.17, 15) is 23.1 Å². The zero-order valence-electron chi connectivity index (χ0n) is 18.3. The number of H-pyrrole nitrogens is 1. The van der Waals surface area contributed by atoms with Crippen LogP contribution < -0.4 is 10.1 Å². The number of aromatic nitrogens is 1. The van der Waals surface area contributed by atoms with E-state index in [4.69, 9.17) is 16.3 Å². The second-order valence-electron chi connectivity index (χ2n) is 7.75. The topological polar surface area (TPSA) is 126 Å². The van der Waals surface area contributed by atoms with Crippen LogP contribution in [-0.4, -0.2) is 37.5 Å². The number of ether oxygens (including phenoxy) is 1. The van der Waals surface area contributed by atoms with Crippen molar-refractivity contribution in [2.45, 2.75) is 29.6 Å². The molecule has 3 aromatic rings. The van der Waals surface area contributed by atoms with E-state index < -0.39 is 15.8 Å². The van der Waals surface area contributed by atoms with E-state index in [1.165, 1.54) is 31.4 Å². The summed E-state index contributed by atoms with van der Waals surface area (Å²) in [6.07, 6.45) is 1.23. The predicted molar refractivity (Wildman–Crippen MR) is 128 cm³/mol. The van der Waals surface area contributed by atoms with Crippen LogP contribution in [0.15, 0.2) is 52.3 Å². The molecule has 0 radical (unpaired) electrons. The number of sulfone groups is 1. The molecule has 0 bridgehead atoms. The van der Waals surface area contributed by atoms with E-state index in [1.54, 1.807) is 31.2 Å². The molecule has 0 spiro atoms. The maximum absolute atomic E-state index is 13.5. The number of aliphatic carboxylic acids is 1. The standard InChI is InChI=1S/C24H21ClN2O6S/c1-13-23(34(31,32)16-6-3-14(25)4-7-16)18(9-10-22(28)29)21(26-13)12-19-17-8-5-15(33-2)11-20(17)27-24(19)30/h3-8,11-12,26H,9-10H2,1-2H3,(H,27,30)(H,28,29)/b19-12-. The summed E-state index contributed by atoms with van der Waals surface area (Å²) in [7, 11) is -2.47.